The van der Waals surface area contributed by atoms with Gasteiger partial charge < -0.3 is 9.47 Å². The maximum atomic E-state index is 14.3. The van der Waals surface area contributed by atoms with Crippen LogP contribution in [0.5, 0.6) is 5.75 Å². The van der Waals surface area contributed by atoms with Crippen LogP contribution in [0.4, 0.5) is 8.78 Å². The number of hydrogen-bond donors (Lipinski definition) is 0. The average Bonchev–Trinajstić information content (AvgIpc) is 3.59. The summed E-state index contributed by atoms with van der Waals surface area (Å²) >= 11 is 0. The van der Waals surface area contributed by atoms with Gasteiger partial charge in [-0.25, -0.2) is 4.39 Å². The third-order valence-corrected chi connectivity index (χ3v) is 7.65. The van der Waals surface area contributed by atoms with Crippen molar-refractivity contribution in [1.82, 2.24) is 0 Å². The predicted octanol–water partition coefficient (Wildman–Crippen LogP) is 7.22. The van der Waals surface area contributed by atoms with Gasteiger partial charge in [0.2, 0.25) is 5.82 Å². The molecule has 29 heavy (non-hydrogen) atoms. The first-order valence-corrected chi connectivity index (χ1v) is 11.9. The van der Waals surface area contributed by atoms with Crippen LogP contribution in [0.1, 0.15) is 89.2 Å². The summed E-state index contributed by atoms with van der Waals surface area (Å²) in [5, 5.41) is 0. The summed E-state index contributed by atoms with van der Waals surface area (Å²) in [6.45, 7) is 3.25. The Hall–Kier alpha value is -1.16. The number of hydrogen-bond acceptors (Lipinski definition) is 2. The highest BCUT2D eigenvalue weighted by Crippen LogP contribution is 2.42. The van der Waals surface area contributed by atoms with Gasteiger partial charge in [-0.2, -0.15) is 4.39 Å². The quantitative estimate of drug-likeness (QED) is 0.425. The molecule has 0 bridgehead atoms. The zero-order valence-corrected chi connectivity index (χ0v) is 17.8. The summed E-state index contributed by atoms with van der Waals surface area (Å²) in [6.07, 6.45) is 14.4. The van der Waals surface area contributed by atoms with E-state index in [1.54, 1.807) is 12.1 Å². The molecule has 0 radical (unpaired) electrons. The fourth-order valence-corrected chi connectivity index (χ4v) is 5.61. The van der Waals surface area contributed by atoms with E-state index in [1.807, 2.05) is 0 Å². The smallest absolute Gasteiger partial charge is 0.200 e. The minimum Gasteiger partial charge on any atom is -0.490 e. The first-order valence-electron chi connectivity index (χ1n) is 11.9. The van der Waals surface area contributed by atoms with Gasteiger partial charge in [-0.15, -0.1) is 0 Å². The molecule has 1 heterocycles. The van der Waals surface area contributed by atoms with Crippen LogP contribution in [-0.2, 0) is 4.74 Å². The first-order chi connectivity index (χ1) is 14.2. The van der Waals surface area contributed by atoms with Crippen LogP contribution in [0.3, 0.4) is 0 Å². The van der Waals surface area contributed by atoms with Crippen LogP contribution in [0.25, 0.3) is 0 Å². The zero-order chi connectivity index (χ0) is 20.2. The summed E-state index contributed by atoms with van der Waals surface area (Å²) in [4.78, 5) is 0. The molecule has 1 saturated heterocycles. The Bertz CT molecular complexity index is 657. The average molecular weight is 407 g/mol. The molecule has 3 aliphatic rings. The summed E-state index contributed by atoms with van der Waals surface area (Å²) in [7, 11) is 0. The number of epoxide rings is 1. The molecule has 1 atom stereocenters. The molecule has 162 valence electrons. The number of benzene rings is 1. The molecule has 2 saturated carbocycles. The van der Waals surface area contributed by atoms with Crippen molar-refractivity contribution in [2.24, 2.45) is 23.7 Å². The lowest BCUT2D eigenvalue weighted by Gasteiger charge is -2.38. The summed E-state index contributed by atoms with van der Waals surface area (Å²) in [5.41, 5.74) is 0.305. The molecule has 0 amide bonds. The predicted molar refractivity (Wildman–Crippen MR) is 111 cm³/mol. The second-order valence-electron chi connectivity index (χ2n) is 9.62. The van der Waals surface area contributed by atoms with E-state index >= 15 is 0 Å². The fraction of sp³-hybridized carbons (Fsp3) is 0.760. The molecule has 0 aromatic heterocycles. The van der Waals surface area contributed by atoms with Gasteiger partial charge >= 0.3 is 0 Å². The molecule has 2 aliphatic carbocycles. The molecule has 3 fully saturated rings. The second-order valence-corrected chi connectivity index (χ2v) is 9.62. The Morgan fingerprint density at radius 1 is 0.897 bits per heavy atom. The van der Waals surface area contributed by atoms with Crippen LogP contribution >= 0.6 is 0 Å². The van der Waals surface area contributed by atoms with E-state index in [0.29, 0.717) is 24.7 Å². The van der Waals surface area contributed by atoms with Crippen LogP contribution < -0.4 is 4.74 Å². The van der Waals surface area contributed by atoms with Crippen molar-refractivity contribution in [2.45, 2.75) is 83.7 Å². The Morgan fingerprint density at radius 2 is 1.52 bits per heavy atom. The second kappa shape index (κ2) is 9.76. The van der Waals surface area contributed by atoms with Crippen molar-refractivity contribution in [3.63, 3.8) is 0 Å². The molecule has 4 heteroatoms. The van der Waals surface area contributed by atoms with Gasteiger partial charge in [0.25, 0.3) is 0 Å². The minimum absolute atomic E-state index is 0.0411. The highest BCUT2D eigenvalue weighted by atomic mass is 19.2. The van der Waals surface area contributed by atoms with E-state index in [1.165, 1.54) is 57.8 Å². The summed E-state index contributed by atoms with van der Waals surface area (Å²) < 4.78 is 39.1. The van der Waals surface area contributed by atoms with Gasteiger partial charge in [-0.3, -0.25) is 0 Å². The number of rotatable bonds is 8. The number of halogens is 2. The Labute approximate surface area is 174 Å². The number of ether oxygens (including phenoxy) is 2. The van der Waals surface area contributed by atoms with Crippen molar-refractivity contribution < 1.29 is 18.3 Å². The van der Waals surface area contributed by atoms with E-state index in [9.17, 15) is 8.78 Å². The Kier molecular flexibility index (Phi) is 7.10. The SMILES string of the molecule is CCCCC1CCC(C2CCC(COc3ccc(C4CO4)c(F)c3F)CC2)CC1. The van der Waals surface area contributed by atoms with E-state index in [4.69, 9.17) is 9.47 Å². The van der Waals surface area contributed by atoms with Crippen LogP contribution in [0.2, 0.25) is 0 Å². The maximum absolute atomic E-state index is 14.3. The Morgan fingerprint density at radius 3 is 2.10 bits per heavy atom. The topological polar surface area (TPSA) is 21.8 Å². The summed E-state index contributed by atoms with van der Waals surface area (Å²) in [6, 6.07) is 3.15. The third-order valence-electron chi connectivity index (χ3n) is 7.65. The van der Waals surface area contributed by atoms with Crippen LogP contribution in [0, 0.1) is 35.3 Å². The molecule has 4 rings (SSSR count). The van der Waals surface area contributed by atoms with Crippen LogP contribution in [0.15, 0.2) is 12.1 Å². The van der Waals surface area contributed by atoms with Gasteiger partial charge in [0, 0.05) is 5.56 Å². The van der Waals surface area contributed by atoms with Crippen molar-refractivity contribution >= 4 is 0 Å². The van der Waals surface area contributed by atoms with Gasteiger partial charge in [0.15, 0.2) is 11.6 Å². The lowest BCUT2D eigenvalue weighted by Crippen LogP contribution is -2.27. The minimum atomic E-state index is -0.869. The van der Waals surface area contributed by atoms with Crippen molar-refractivity contribution in [1.29, 1.82) is 0 Å². The Balaban J connectivity index is 1.19. The van der Waals surface area contributed by atoms with Gasteiger partial charge in [0.05, 0.1) is 13.2 Å². The standard InChI is InChI=1S/C25H36F2O2/c1-2-3-4-17-5-9-19(10-6-17)20-11-7-18(8-12-20)15-28-22-14-13-21(23-16-29-23)24(26)25(22)27/h13-14,17-20,23H,2-12,15-16H2,1H3. The van der Waals surface area contributed by atoms with E-state index in [0.717, 1.165) is 30.6 Å². The highest BCUT2D eigenvalue weighted by Gasteiger charge is 2.32. The molecule has 2 nitrogen and oxygen atoms in total. The van der Waals surface area contributed by atoms with E-state index in [-0.39, 0.29) is 11.9 Å². The lowest BCUT2D eigenvalue weighted by molar-refractivity contribution is 0.120. The molecule has 0 N–H and O–H groups in total. The summed E-state index contributed by atoms with van der Waals surface area (Å²) in [5.74, 6) is 1.57. The van der Waals surface area contributed by atoms with Gasteiger partial charge in [0.1, 0.15) is 6.10 Å². The molecule has 1 aliphatic heterocycles. The van der Waals surface area contributed by atoms with Crippen molar-refractivity contribution in [3.05, 3.63) is 29.3 Å². The molecule has 1 aromatic rings. The fourth-order valence-electron chi connectivity index (χ4n) is 5.61. The monoisotopic (exact) mass is 406 g/mol. The molecule has 1 aromatic carbocycles. The normalized spacial score (nSPS) is 32.2. The molecule has 0 spiro atoms. The van der Waals surface area contributed by atoms with Crippen molar-refractivity contribution in [3.8, 4) is 5.75 Å². The number of unbranched alkanes of at least 4 members (excludes halogenated alkanes) is 1. The maximum Gasteiger partial charge on any atom is 0.200 e. The molecular weight excluding hydrogens is 370 g/mol. The van der Waals surface area contributed by atoms with Gasteiger partial charge in [-0.05, 0) is 74.3 Å². The molecule has 1 unspecified atom stereocenters. The largest absolute Gasteiger partial charge is 0.490 e. The van der Waals surface area contributed by atoms with Crippen LogP contribution in [-0.4, -0.2) is 13.2 Å². The van der Waals surface area contributed by atoms with E-state index < -0.39 is 11.6 Å². The van der Waals surface area contributed by atoms with E-state index in [2.05, 4.69) is 6.92 Å². The third kappa shape index (κ3) is 5.31. The zero-order valence-electron chi connectivity index (χ0n) is 17.8. The lowest BCUT2D eigenvalue weighted by atomic mass is 9.69. The molecular formula is C25H36F2O2. The van der Waals surface area contributed by atoms with Crippen molar-refractivity contribution in [2.75, 3.05) is 13.2 Å². The highest BCUT2D eigenvalue weighted by molar-refractivity contribution is 5.33. The van der Waals surface area contributed by atoms with Gasteiger partial charge in [-0.1, -0.05) is 39.0 Å². The first kappa shape index (κ1) is 21.1.